The molecule has 1 fully saturated rings. The summed E-state index contributed by atoms with van der Waals surface area (Å²) in [4.78, 5) is 4.13. The van der Waals surface area contributed by atoms with Crippen LogP contribution in [0.25, 0.3) is 0 Å². The van der Waals surface area contributed by atoms with Crippen molar-refractivity contribution in [2.24, 2.45) is 0 Å². The number of pyridine rings is 1. The minimum atomic E-state index is -0.174. The smallest absolute Gasteiger partial charge is 0.0986 e. The van der Waals surface area contributed by atoms with E-state index in [1.165, 1.54) is 0 Å². The van der Waals surface area contributed by atoms with Gasteiger partial charge in [0.15, 0.2) is 0 Å². The van der Waals surface area contributed by atoms with Crippen LogP contribution in [0.1, 0.15) is 18.4 Å². The Hall–Kier alpha value is -0.930. The van der Waals surface area contributed by atoms with Crippen LogP contribution in [0, 0.1) is 0 Å². The van der Waals surface area contributed by atoms with E-state index in [4.69, 9.17) is 9.47 Å². The number of hydrogen-bond acceptors (Lipinski definition) is 3. The van der Waals surface area contributed by atoms with Gasteiger partial charge in [0.25, 0.3) is 0 Å². The van der Waals surface area contributed by atoms with Crippen LogP contribution in [0.2, 0.25) is 0 Å². The van der Waals surface area contributed by atoms with Gasteiger partial charge in [0.2, 0.25) is 0 Å². The van der Waals surface area contributed by atoms with Gasteiger partial charge in [-0.3, -0.25) is 4.98 Å². The second-order valence-corrected chi connectivity index (χ2v) is 3.55. The lowest BCUT2D eigenvalue weighted by molar-refractivity contribution is -0.0949. The molecule has 0 bridgehead atoms. The van der Waals surface area contributed by atoms with E-state index in [0.29, 0.717) is 0 Å². The predicted molar refractivity (Wildman–Crippen MR) is 53.0 cm³/mol. The molecule has 3 nitrogen and oxygen atoms in total. The Morgan fingerprint density at radius 1 is 1.43 bits per heavy atom. The molecule has 1 saturated heterocycles. The standard InChI is InChI=1S/C11H15NO2/c1-13-11(4-7-14-8-5-11)10-3-2-6-12-9-10/h2-3,6,9H,4-5,7-8H2,1H3. The summed E-state index contributed by atoms with van der Waals surface area (Å²) < 4.78 is 11.0. The van der Waals surface area contributed by atoms with Crippen molar-refractivity contribution >= 4 is 0 Å². The molecule has 1 aliphatic heterocycles. The zero-order valence-corrected chi connectivity index (χ0v) is 8.40. The molecule has 0 radical (unpaired) electrons. The molecule has 1 aromatic heterocycles. The summed E-state index contributed by atoms with van der Waals surface area (Å²) in [6, 6.07) is 4.02. The highest BCUT2D eigenvalue weighted by atomic mass is 16.5. The first-order valence-electron chi connectivity index (χ1n) is 4.91. The van der Waals surface area contributed by atoms with Crippen molar-refractivity contribution in [3.8, 4) is 0 Å². The summed E-state index contributed by atoms with van der Waals surface area (Å²) in [5.74, 6) is 0. The van der Waals surface area contributed by atoms with Gasteiger partial charge in [0.1, 0.15) is 0 Å². The summed E-state index contributed by atoms with van der Waals surface area (Å²) in [6.07, 6.45) is 5.49. The molecule has 76 valence electrons. The van der Waals surface area contributed by atoms with E-state index in [1.54, 1.807) is 13.3 Å². The molecule has 0 saturated carbocycles. The molecule has 2 heterocycles. The van der Waals surface area contributed by atoms with E-state index in [2.05, 4.69) is 11.1 Å². The highest BCUT2D eigenvalue weighted by Crippen LogP contribution is 2.34. The SMILES string of the molecule is COC1(c2cccnc2)CCOCC1. The van der Waals surface area contributed by atoms with Gasteiger partial charge in [0, 0.05) is 51.1 Å². The summed E-state index contributed by atoms with van der Waals surface area (Å²) >= 11 is 0. The average Bonchev–Trinajstić information content (AvgIpc) is 2.31. The van der Waals surface area contributed by atoms with Gasteiger partial charge in [-0.2, -0.15) is 0 Å². The molecule has 0 aromatic carbocycles. The first-order valence-corrected chi connectivity index (χ1v) is 4.91. The maximum absolute atomic E-state index is 5.64. The van der Waals surface area contributed by atoms with E-state index in [1.807, 2.05) is 12.3 Å². The number of rotatable bonds is 2. The molecule has 1 aliphatic rings. The second-order valence-electron chi connectivity index (χ2n) is 3.55. The molecule has 0 amide bonds. The fourth-order valence-electron chi connectivity index (χ4n) is 1.94. The van der Waals surface area contributed by atoms with Crippen LogP contribution in [0.3, 0.4) is 0 Å². The van der Waals surface area contributed by atoms with Crippen LogP contribution >= 0.6 is 0 Å². The summed E-state index contributed by atoms with van der Waals surface area (Å²) in [7, 11) is 1.76. The third-order valence-electron chi connectivity index (χ3n) is 2.88. The third kappa shape index (κ3) is 1.65. The Labute approximate surface area is 84.1 Å². The molecule has 3 heteroatoms. The molecule has 1 aromatic rings. The molecule has 14 heavy (non-hydrogen) atoms. The lowest BCUT2D eigenvalue weighted by Gasteiger charge is -2.35. The summed E-state index contributed by atoms with van der Waals surface area (Å²) in [5.41, 5.74) is 0.984. The van der Waals surface area contributed by atoms with Gasteiger partial charge in [0.05, 0.1) is 5.60 Å². The Morgan fingerprint density at radius 2 is 2.21 bits per heavy atom. The minimum absolute atomic E-state index is 0.174. The molecule has 0 unspecified atom stereocenters. The number of nitrogens with zero attached hydrogens (tertiary/aromatic N) is 1. The van der Waals surface area contributed by atoms with Crippen molar-refractivity contribution in [2.75, 3.05) is 20.3 Å². The van der Waals surface area contributed by atoms with Crippen LogP contribution in [0.5, 0.6) is 0 Å². The van der Waals surface area contributed by atoms with Crippen molar-refractivity contribution in [1.29, 1.82) is 0 Å². The van der Waals surface area contributed by atoms with Crippen molar-refractivity contribution < 1.29 is 9.47 Å². The highest BCUT2D eigenvalue weighted by molar-refractivity contribution is 5.19. The summed E-state index contributed by atoms with van der Waals surface area (Å²) in [5, 5.41) is 0. The van der Waals surface area contributed by atoms with Crippen molar-refractivity contribution in [3.63, 3.8) is 0 Å². The first kappa shape index (κ1) is 9.62. The van der Waals surface area contributed by atoms with Gasteiger partial charge in [-0.15, -0.1) is 0 Å². The fourth-order valence-corrected chi connectivity index (χ4v) is 1.94. The first-order chi connectivity index (χ1) is 6.87. The van der Waals surface area contributed by atoms with Gasteiger partial charge < -0.3 is 9.47 Å². The van der Waals surface area contributed by atoms with E-state index in [9.17, 15) is 0 Å². The minimum Gasteiger partial charge on any atom is -0.381 e. The zero-order chi connectivity index (χ0) is 9.86. The fraction of sp³-hybridized carbons (Fsp3) is 0.545. The number of methoxy groups -OCH3 is 1. The molecule has 0 N–H and O–H groups in total. The number of aromatic nitrogens is 1. The second kappa shape index (κ2) is 4.07. The van der Waals surface area contributed by atoms with E-state index < -0.39 is 0 Å². The average molecular weight is 193 g/mol. The van der Waals surface area contributed by atoms with Crippen molar-refractivity contribution in [2.45, 2.75) is 18.4 Å². The van der Waals surface area contributed by atoms with Gasteiger partial charge in [-0.25, -0.2) is 0 Å². The molecule has 0 spiro atoms. The molecule has 0 aliphatic carbocycles. The third-order valence-corrected chi connectivity index (χ3v) is 2.88. The van der Waals surface area contributed by atoms with E-state index in [-0.39, 0.29) is 5.60 Å². The zero-order valence-electron chi connectivity index (χ0n) is 8.40. The topological polar surface area (TPSA) is 31.4 Å². The Morgan fingerprint density at radius 3 is 2.79 bits per heavy atom. The molecule has 2 rings (SSSR count). The van der Waals surface area contributed by atoms with Crippen LogP contribution in [-0.2, 0) is 15.1 Å². The largest absolute Gasteiger partial charge is 0.381 e. The molecule has 0 atom stereocenters. The van der Waals surface area contributed by atoms with Crippen molar-refractivity contribution in [1.82, 2.24) is 4.98 Å². The molecular weight excluding hydrogens is 178 g/mol. The van der Waals surface area contributed by atoms with Gasteiger partial charge in [-0.05, 0) is 6.07 Å². The maximum atomic E-state index is 5.64. The lowest BCUT2D eigenvalue weighted by Crippen LogP contribution is -2.35. The molecular formula is C11H15NO2. The Bertz CT molecular complexity index is 281. The monoisotopic (exact) mass is 193 g/mol. The van der Waals surface area contributed by atoms with Crippen molar-refractivity contribution in [3.05, 3.63) is 30.1 Å². The van der Waals surface area contributed by atoms with Crippen LogP contribution in [0.15, 0.2) is 24.5 Å². The quantitative estimate of drug-likeness (QED) is 0.716. The number of ether oxygens (including phenoxy) is 2. The normalized spacial score (nSPS) is 20.6. The van der Waals surface area contributed by atoms with Crippen LogP contribution in [0.4, 0.5) is 0 Å². The Balaban J connectivity index is 2.27. The lowest BCUT2D eigenvalue weighted by atomic mass is 9.87. The maximum Gasteiger partial charge on any atom is 0.0986 e. The van der Waals surface area contributed by atoms with Crippen LogP contribution < -0.4 is 0 Å². The van der Waals surface area contributed by atoms with Crippen LogP contribution in [-0.4, -0.2) is 25.3 Å². The highest BCUT2D eigenvalue weighted by Gasteiger charge is 2.34. The van der Waals surface area contributed by atoms with Gasteiger partial charge in [-0.1, -0.05) is 6.07 Å². The predicted octanol–water partition coefficient (Wildman–Crippen LogP) is 1.73. The van der Waals surface area contributed by atoms with Gasteiger partial charge >= 0.3 is 0 Å². The van der Waals surface area contributed by atoms with E-state index >= 15 is 0 Å². The Kier molecular flexibility index (Phi) is 2.79. The summed E-state index contributed by atoms with van der Waals surface area (Å²) in [6.45, 7) is 1.53. The van der Waals surface area contributed by atoms with E-state index in [0.717, 1.165) is 31.6 Å². The number of hydrogen-bond donors (Lipinski definition) is 0.